The highest BCUT2D eigenvalue weighted by molar-refractivity contribution is 5.66. The standard InChI is InChI=1S/C14H10N4/c15-7-10-4-5-14-17-13(9-18(14)8-10)11-2-1-3-12(16)6-11/h1-6,8-9H,16H2. The maximum atomic E-state index is 8.86. The van der Waals surface area contributed by atoms with E-state index >= 15 is 0 Å². The van der Waals surface area contributed by atoms with Crippen LogP contribution in [0.4, 0.5) is 5.69 Å². The number of benzene rings is 1. The van der Waals surface area contributed by atoms with Crippen molar-refractivity contribution in [2.24, 2.45) is 0 Å². The second-order valence-electron chi connectivity index (χ2n) is 4.05. The van der Waals surface area contributed by atoms with Crippen molar-refractivity contribution in [2.75, 3.05) is 5.73 Å². The molecule has 0 atom stereocenters. The third kappa shape index (κ3) is 1.68. The number of fused-ring (bicyclic) bond motifs is 1. The molecule has 0 radical (unpaired) electrons. The number of anilines is 1. The molecule has 2 heterocycles. The maximum Gasteiger partial charge on any atom is 0.137 e. The lowest BCUT2D eigenvalue weighted by molar-refractivity contribution is 1.17. The highest BCUT2D eigenvalue weighted by Crippen LogP contribution is 2.21. The second-order valence-corrected chi connectivity index (χ2v) is 4.05. The monoisotopic (exact) mass is 234 g/mol. The second kappa shape index (κ2) is 3.90. The molecule has 0 bridgehead atoms. The molecule has 0 saturated carbocycles. The third-order valence-electron chi connectivity index (χ3n) is 2.76. The minimum Gasteiger partial charge on any atom is -0.399 e. The van der Waals surface area contributed by atoms with Crippen molar-refractivity contribution in [1.82, 2.24) is 9.38 Å². The van der Waals surface area contributed by atoms with Crippen LogP contribution in [-0.2, 0) is 0 Å². The zero-order valence-corrected chi connectivity index (χ0v) is 9.54. The summed E-state index contributed by atoms with van der Waals surface area (Å²) in [5, 5.41) is 8.86. The summed E-state index contributed by atoms with van der Waals surface area (Å²) < 4.78 is 1.84. The number of nitrogens with zero attached hydrogens (tertiary/aromatic N) is 3. The summed E-state index contributed by atoms with van der Waals surface area (Å²) in [7, 11) is 0. The number of hydrogen-bond acceptors (Lipinski definition) is 3. The van der Waals surface area contributed by atoms with Crippen molar-refractivity contribution in [3.63, 3.8) is 0 Å². The van der Waals surface area contributed by atoms with Crippen molar-refractivity contribution in [2.45, 2.75) is 0 Å². The van der Waals surface area contributed by atoms with Crippen molar-refractivity contribution < 1.29 is 0 Å². The van der Waals surface area contributed by atoms with Crippen molar-refractivity contribution in [1.29, 1.82) is 5.26 Å². The summed E-state index contributed by atoms with van der Waals surface area (Å²) in [5.74, 6) is 0. The van der Waals surface area contributed by atoms with Gasteiger partial charge in [-0.3, -0.25) is 0 Å². The van der Waals surface area contributed by atoms with Crippen LogP contribution >= 0.6 is 0 Å². The van der Waals surface area contributed by atoms with Gasteiger partial charge in [-0.25, -0.2) is 4.98 Å². The minimum absolute atomic E-state index is 0.610. The van der Waals surface area contributed by atoms with Crippen LogP contribution in [0.1, 0.15) is 5.56 Å². The molecule has 0 aliphatic rings. The van der Waals surface area contributed by atoms with Gasteiger partial charge in [-0.1, -0.05) is 12.1 Å². The van der Waals surface area contributed by atoms with Crippen molar-refractivity contribution >= 4 is 11.3 Å². The Labute approximate surface area is 104 Å². The van der Waals surface area contributed by atoms with E-state index in [1.165, 1.54) is 0 Å². The van der Waals surface area contributed by atoms with Gasteiger partial charge >= 0.3 is 0 Å². The zero-order valence-electron chi connectivity index (χ0n) is 9.54. The molecule has 18 heavy (non-hydrogen) atoms. The van der Waals surface area contributed by atoms with Crippen molar-refractivity contribution in [3.05, 3.63) is 54.4 Å². The van der Waals surface area contributed by atoms with Crippen LogP contribution in [0.5, 0.6) is 0 Å². The van der Waals surface area contributed by atoms with Crippen LogP contribution in [0.15, 0.2) is 48.8 Å². The Kier molecular flexibility index (Phi) is 2.24. The summed E-state index contributed by atoms with van der Waals surface area (Å²) in [6.45, 7) is 0. The van der Waals surface area contributed by atoms with Crippen LogP contribution in [-0.4, -0.2) is 9.38 Å². The van der Waals surface area contributed by atoms with Gasteiger partial charge in [-0.2, -0.15) is 5.26 Å². The number of pyridine rings is 1. The molecule has 3 rings (SSSR count). The summed E-state index contributed by atoms with van der Waals surface area (Å²) in [4.78, 5) is 4.50. The van der Waals surface area contributed by atoms with Crippen LogP contribution in [0, 0.1) is 11.3 Å². The van der Waals surface area contributed by atoms with E-state index in [0.717, 1.165) is 16.9 Å². The fourth-order valence-electron chi connectivity index (χ4n) is 1.90. The smallest absolute Gasteiger partial charge is 0.137 e. The predicted octanol–water partition coefficient (Wildman–Crippen LogP) is 2.46. The molecular formula is C14H10N4. The Bertz CT molecular complexity index is 765. The highest BCUT2D eigenvalue weighted by atomic mass is 15.0. The molecule has 2 N–H and O–H groups in total. The van der Waals surface area contributed by atoms with Gasteiger partial charge in [-0.05, 0) is 24.3 Å². The molecule has 0 saturated heterocycles. The Morgan fingerprint density at radius 2 is 2.06 bits per heavy atom. The quantitative estimate of drug-likeness (QED) is 0.657. The summed E-state index contributed by atoms with van der Waals surface area (Å²) >= 11 is 0. The predicted molar refractivity (Wildman–Crippen MR) is 69.8 cm³/mol. The zero-order chi connectivity index (χ0) is 12.5. The van der Waals surface area contributed by atoms with E-state index in [2.05, 4.69) is 11.1 Å². The van der Waals surface area contributed by atoms with E-state index in [9.17, 15) is 0 Å². The molecular weight excluding hydrogens is 224 g/mol. The molecule has 86 valence electrons. The van der Waals surface area contributed by atoms with E-state index in [4.69, 9.17) is 11.0 Å². The van der Waals surface area contributed by atoms with Crippen LogP contribution < -0.4 is 5.73 Å². The summed E-state index contributed by atoms with van der Waals surface area (Å²) in [6.07, 6.45) is 3.66. The molecule has 4 heteroatoms. The number of hydrogen-bond donors (Lipinski definition) is 1. The van der Waals surface area contributed by atoms with E-state index < -0.39 is 0 Å². The van der Waals surface area contributed by atoms with Crippen molar-refractivity contribution in [3.8, 4) is 17.3 Å². The Morgan fingerprint density at radius 1 is 1.17 bits per heavy atom. The Hall–Kier alpha value is -2.80. The van der Waals surface area contributed by atoms with Crippen LogP contribution in [0.25, 0.3) is 16.9 Å². The molecule has 0 fully saturated rings. The Morgan fingerprint density at radius 3 is 2.83 bits per heavy atom. The first-order chi connectivity index (χ1) is 8.76. The van der Waals surface area contributed by atoms with E-state index in [-0.39, 0.29) is 0 Å². The van der Waals surface area contributed by atoms with Gasteiger partial charge in [0.2, 0.25) is 0 Å². The fourth-order valence-corrected chi connectivity index (χ4v) is 1.90. The first-order valence-corrected chi connectivity index (χ1v) is 5.51. The fraction of sp³-hybridized carbons (Fsp3) is 0. The molecule has 0 aliphatic heterocycles. The van der Waals surface area contributed by atoms with Gasteiger partial charge in [0.25, 0.3) is 0 Å². The van der Waals surface area contributed by atoms with Gasteiger partial charge < -0.3 is 10.1 Å². The number of aromatic nitrogens is 2. The molecule has 0 aliphatic carbocycles. The molecule has 0 spiro atoms. The molecule has 3 aromatic rings. The topological polar surface area (TPSA) is 67.1 Å². The molecule has 2 aromatic heterocycles. The average molecular weight is 234 g/mol. The van der Waals surface area contributed by atoms with Gasteiger partial charge in [0.15, 0.2) is 0 Å². The number of nitrogen functional groups attached to an aromatic ring is 1. The summed E-state index contributed by atoms with van der Waals surface area (Å²) in [5.41, 5.74) is 9.70. The Balaban J connectivity index is 2.17. The van der Waals surface area contributed by atoms with Gasteiger partial charge in [0.1, 0.15) is 11.7 Å². The number of imidazole rings is 1. The van der Waals surface area contributed by atoms with E-state index in [1.54, 1.807) is 12.3 Å². The molecule has 1 aromatic carbocycles. The molecule has 0 unspecified atom stereocenters. The highest BCUT2D eigenvalue weighted by Gasteiger charge is 2.05. The first-order valence-electron chi connectivity index (χ1n) is 5.51. The lowest BCUT2D eigenvalue weighted by Crippen LogP contribution is -1.84. The lowest BCUT2D eigenvalue weighted by Gasteiger charge is -1.96. The van der Waals surface area contributed by atoms with Gasteiger partial charge in [0, 0.05) is 23.6 Å². The lowest BCUT2D eigenvalue weighted by atomic mass is 10.1. The largest absolute Gasteiger partial charge is 0.399 e. The number of nitrogens with two attached hydrogens (primary N) is 1. The minimum atomic E-state index is 0.610. The molecule has 0 amide bonds. The first kappa shape index (κ1) is 10.4. The number of nitriles is 1. The molecule has 4 nitrogen and oxygen atoms in total. The van der Waals surface area contributed by atoms with Gasteiger partial charge in [-0.15, -0.1) is 0 Å². The van der Waals surface area contributed by atoms with Crippen LogP contribution in [0.3, 0.4) is 0 Å². The number of rotatable bonds is 1. The van der Waals surface area contributed by atoms with Gasteiger partial charge in [0.05, 0.1) is 11.3 Å². The normalized spacial score (nSPS) is 10.4. The maximum absolute atomic E-state index is 8.86. The third-order valence-corrected chi connectivity index (χ3v) is 2.76. The van der Waals surface area contributed by atoms with E-state index in [0.29, 0.717) is 11.3 Å². The average Bonchev–Trinajstić information content (AvgIpc) is 2.81. The summed E-state index contributed by atoms with van der Waals surface area (Å²) in [6, 6.07) is 13.3. The SMILES string of the molecule is N#Cc1ccc2nc(-c3cccc(N)c3)cn2c1. The van der Waals surface area contributed by atoms with Crippen LogP contribution in [0.2, 0.25) is 0 Å². The van der Waals surface area contributed by atoms with E-state index in [1.807, 2.05) is 40.9 Å².